The van der Waals surface area contributed by atoms with Crippen LogP contribution < -0.4 is 5.32 Å². The number of hydrogen-bond donors (Lipinski definition) is 1. The minimum absolute atomic E-state index is 0.0357. The molecule has 0 saturated carbocycles. The van der Waals surface area contributed by atoms with E-state index < -0.39 is 0 Å². The van der Waals surface area contributed by atoms with Gasteiger partial charge in [-0.3, -0.25) is 4.79 Å². The summed E-state index contributed by atoms with van der Waals surface area (Å²) < 4.78 is 0.713. The lowest BCUT2D eigenvalue weighted by molar-refractivity contribution is -0.113. The van der Waals surface area contributed by atoms with Crippen LogP contribution in [0.2, 0.25) is 0 Å². The molecule has 104 valence electrons. The van der Waals surface area contributed by atoms with Gasteiger partial charge in [-0.1, -0.05) is 50.0 Å². The summed E-state index contributed by atoms with van der Waals surface area (Å²) in [6.45, 7) is 4.29. The third-order valence-electron chi connectivity index (χ3n) is 2.55. The number of amides is 1. The van der Waals surface area contributed by atoms with Crippen LogP contribution in [0, 0.1) is 0 Å². The average Bonchev–Trinajstić information content (AvgIpc) is 2.36. The number of rotatable bonds is 4. The lowest BCUT2D eigenvalue weighted by Gasteiger charge is -2.12. The van der Waals surface area contributed by atoms with Crippen LogP contribution in [-0.2, 0) is 4.79 Å². The summed E-state index contributed by atoms with van der Waals surface area (Å²) in [4.78, 5) is 13.6. The first-order valence-electron chi connectivity index (χ1n) is 6.14. The average molecular weight is 296 g/mol. The molecule has 0 aliphatic carbocycles. The molecule has 5 heteroatoms. The number of nitrogens with zero attached hydrogens (tertiary/aromatic N) is 1. The van der Waals surface area contributed by atoms with E-state index in [4.69, 9.17) is 12.2 Å². The molecule has 1 amide bonds. The van der Waals surface area contributed by atoms with E-state index in [2.05, 4.69) is 19.2 Å². The highest BCUT2D eigenvalue weighted by atomic mass is 32.2. The molecule has 0 aliphatic heterocycles. The van der Waals surface area contributed by atoms with Crippen LogP contribution in [0.5, 0.6) is 0 Å². The van der Waals surface area contributed by atoms with Crippen LogP contribution in [0.25, 0.3) is 0 Å². The topological polar surface area (TPSA) is 32.3 Å². The van der Waals surface area contributed by atoms with Crippen molar-refractivity contribution in [1.82, 2.24) is 4.90 Å². The van der Waals surface area contributed by atoms with Gasteiger partial charge in [0.05, 0.1) is 5.75 Å². The number of benzene rings is 1. The molecule has 0 aromatic heterocycles. The maximum atomic E-state index is 11.7. The van der Waals surface area contributed by atoms with E-state index >= 15 is 0 Å². The van der Waals surface area contributed by atoms with Crippen molar-refractivity contribution in [2.75, 3.05) is 25.2 Å². The summed E-state index contributed by atoms with van der Waals surface area (Å²) in [6.07, 6.45) is 0. The van der Waals surface area contributed by atoms with Crippen molar-refractivity contribution in [1.29, 1.82) is 0 Å². The molecular weight excluding hydrogens is 276 g/mol. The van der Waals surface area contributed by atoms with Crippen molar-refractivity contribution in [2.45, 2.75) is 19.8 Å². The van der Waals surface area contributed by atoms with Crippen LogP contribution in [-0.4, -0.2) is 35.0 Å². The van der Waals surface area contributed by atoms with Crippen molar-refractivity contribution in [3.05, 3.63) is 29.8 Å². The van der Waals surface area contributed by atoms with E-state index in [1.165, 1.54) is 17.3 Å². The molecule has 1 rings (SSSR count). The van der Waals surface area contributed by atoms with Gasteiger partial charge in [0.15, 0.2) is 0 Å². The summed E-state index contributed by atoms with van der Waals surface area (Å²) in [6, 6.07) is 7.94. The standard InChI is InChI=1S/C14H20N2OS2/c1-10(2)11-5-7-12(8-6-11)15-13(17)9-19-14(18)16(3)4/h5-8,10H,9H2,1-4H3,(H,15,17). The number of anilines is 1. The Balaban J connectivity index is 2.46. The molecule has 0 atom stereocenters. The smallest absolute Gasteiger partial charge is 0.234 e. The Kier molecular flexibility index (Phi) is 6.31. The second-order valence-corrected chi connectivity index (χ2v) is 6.38. The minimum atomic E-state index is -0.0357. The number of hydrogen-bond acceptors (Lipinski definition) is 3. The molecule has 19 heavy (non-hydrogen) atoms. The Labute approximate surface area is 124 Å². The van der Waals surface area contributed by atoms with Gasteiger partial charge in [0.25, 0.3) is 0 Å². The van der Waals surface area contributed by atoms with Gasteiger partial charge in [-0.25, -0.2) is 0 Å². The predicted octanol–water partition coefficient (Wildman–Crippen LogP) is 3.33. The van der Waals surface area contributed by atoms with E-state index in [-0.39, 0.29) is 5.91 Å². The molecule has 0 saturated heterocycles. The Bertz CT molecular complexity index is 441. The molecule has 1 aromatic carbocycles. The molecule has 1 N–H and O–H groups in total. The fraction of sp³-hybridized carbons (Fsp3) is 0.429. The highest BCUT2D eigenvalue weighted by Gasteiger charge is 2.07. The highest BCUT2D eigenvalue weighted by Crippen LogP contribution is 2.17. The van der Waals surface area contributed by atoms with Crippen LogP contribution in [0.4, 0.5) is 5.69 Å². The van der Waals surface area contributed by atoms with Gasteiger partial charge in [-0.15, -0.1) is 0 Å². The zero-order valence-electron chi connectivity index (χ0n) is 11.8. The van der Waals surface area contributed by atoms with Crippen molar-refractivity contribution in [3.63, 3.8) is 0 Å². The van der Waals surface area contributed by atoms with Gasteiger partial charge < -0.3 is 10.2 Å². The van der Waals surface area contributed by atoms with Gasteiger partial charge in [0.2, 0.25) is 5.91 Å². The van der Waals surface area contributed by atoms with Gasteiger partial charge in [0, 0.05) is 19.8 Å². The molecule has 0 spiro atoms. The van der Waals surface area contributed by atoms with Crippen LogP contribution >= 0.6 is 24.0 Å². The van der Waals surface area contributed by atoms with Gasteiger partial charge in [-0.05, 0) is 23.6 Å². The normalized spacial score (nSPS) is 10.4. The number of carbonyl (C=O) groups excluding carboxylic acids is 1. The first-order chi connectivity index (χ1) is 8.90. The SMILES string of the molecule is CC(C)c1ccc(NC(=O)CSC(=S)N(C)C)cc1. The van der Waals surface area contributed by atoms with Crippen molar-refractivity contribution in [3.8, 4) is 0 Å². The zero-order valence-corrected chi connectivity index (χ0v) is 13.4. The maximum absolute atomic E-state index is 11.7. The lowest BCUT2D eigenvalue weighted by atomic mass is 10.0. The summed E-state index contributed by atoms with van der Waals surface area (Å²) >= 11 is 6.48. The quantitative estimate of drug-likeness (QED) is 0.864. The number of thiocarbonyl (C=S) groups is 1. The Hall–Kier alpha value is -1.07. The first-order valence-corrected chi connectivity index (χ1v) is 7.53. The molecule has 0 bridgehead atoms. The second kappa shape index (κ2) is 7.50. The Morgan fingerprint density at radius 2 is 1.89 bits per heavy atom. The predicted molar refractivity (Wildman–Crippen MR) is 87.9 cm³/mol. The second-order valence-electron chi connectivity index (χ2n) is 4.77. The van der Waals surface area contributed by atoms with E-state index in [1.807, 2.05) is 43.3 Å². The molecule has 0 unspecified atom stereocenters. The molecule has 0 aliphatic rings. The van der Waals surface area contributed by atoms with Crippen LogP contribution in [0.1, 0.15) is 25.3 Å². The molecule has 0 heterocycles. The molecule has 0 radical (unpaired) electrons. The third kappa shape index (κ3) is 5.61. The molecule has 3 nitrogen and oxygen atoms in total. The van der Waals surface area contributed by atoms with Crippen LogP contribution in [0.3, 0.4) is 0 Å². The molecule has 0 fully saturated rings. The van der Waals surface area contributed by atoms with E-state index in [0.29, 0.717) is 16.0 Å². The highest BCUT2D eigenvalue weighted by molar-refractivity contribution is 8.23. The fourth-order valence-corrected chi connectivity index (χ4v) is 2.17. The first kappa shape index (κ1) is 16.0. The Morgan fingerprint density at radius 1 is 1.32 bits per heavy atom. The van der Waals surface area contributed by atoms with Crippen molar-refractivity contribution >= 4 is 39.9 Å². The van der Waals surface area contributed by atoms with Gasteiger partial charge >= 0.3 is 0 Å². The van der Waals surface area contributed by atoms with Crippen LogP contribution in [0.15, 0.2) is 24.3 Å². The monoisotopic (exact) mass is 296 g/mol. The number of thioether (sulfide) groups is 1. The maximum Gasteiger partial charge on any atom is 0.234 e. The van der Waals surface area contributed by atoms with Crippen molar-refractivity contribution < 1.29 is 4.79 Å². The van der Waals surface area contributed by atoms with Gasteiger partial charge in [0.1, 0.15) is 4.32 Å². The summed E-state index contributed by atoms with van der Waals surface area (Å²) in [5.41, 5.74) is 2.09. The number of carbonyl (C=O) groups is 1. The zero-order chi connectivity index (χ0) is 14.4. The fourth-order valence-electron chi connectivity index (χ4n) is 1.40. The van der Waals surface area contributed by atoms with E-state index in [1.54, 1.807) is 0 Å². The van der Waals surface area contributed by atoms with Gasteiger partial charge in [-0.2, -0.15) is 0 Å². The summed E-state index contributed by atoms with van der Waals surface area (Å²) in [5, 5.41) is 2.86. The third-order valence-corrected chi connectivity index (χ3v) is 4.29. The molecular formula is C14H20N2OS2. The largest absolute Gasteiger partial charge is 0.364 e. The Morgan fingerprint density at radius 3 is 2.37 bits per heavy atom. The lowest BCUT2D eigenvalue weighted by Crippen LogP contribution is -2.20. The molecule has 1 aromatic rings. The minimum Gasteiger partial charge on any atom is -0.364 e. The number of nitrogens with one attached hydrogen (secondary N) is 1. The van der Waals surface area contributed by atoms with Crippen molar-refractivity contribution in [2.24, 2.45) is 0 Å². The van der Waals surface area contributed by atoms with E-state index in [9.17, 15) is 4.79 Å². The summed E-state index contributed by atoms with van der Waals surface area (Å²) in [5.74, 6) is 0.799. The summed E-state index contributed by atoms with van der Waals surface area (Å²) in [7, 11) is 3.75. The van der Waals surface area contributed by atoms with E-state index in [0.717, 1.165) is 5.69 Å².